The predicted octanol–water partition coefficient (Wildman–Crippen LogP) is 11.0. The van der Waals surface area contributed by atoms with Crippen LogP contribution in [0.1, 0.15) is 81.4 Å². The molecular formula is C43H47N3O3. The second-order valence-corrected chi connectivity index (χ2v) is 13.4. The molecule has 7 rings (SSSR count). The topological polar surface area (TPSA) is 84.0 Å². The lowest BCUT2D eigenvalue weighted by Gasteiger charge is -2.23. The largest absolute Gasteiger partial charge is 0.411 e. The molecule has 6 nitrogen and oxygen atoms in total. The van der Waals surface area contributed by atoms with Gasteiger partial charge in [-0.25, -0.2) is 0 Å². The Hall–Kier alpha value is -5.10. The minimum absolute atomic E-state index is 0.123. The molecule has 0 aliphatic heterocycles. The van der Waals surface area contributed by atoms with E-state index in [2.05, 4.69) is 134 Å². The number of nitrogens with zero attached hydrogens (tertiary/aromatic N) is 3. The Morgan fingerprint density at radius 1 is 0.796 bits per heavy atom. The third-order valence-electron chi connectivity index (χ3n) is 9.90. The van der Waals surface area contributed by atoms with Crippen molar-refractivity contribution < 1.29 is 10.0 Å². The van der Waals surface area contributed by atoms with E-state index in [1.807, 2.05) is 0 Å². The molecule has 49 heavy (non-hydrogen) atoms. The molecule has 1 heterocycles. The van der Waals surface area contributed by atoms with Crippen molar-refractivity contribution in [3.8, 4) is 0 Å². The van der Waals surface area contributed by atoms with Crippen LogP contribution in [0.25, 0.3) is 32.6 Å². The van der Waals surface area contributed by atoms with Gasteiger partial charge in [0.1, 0.15) is 0 Å². The first-order valence-corrected chi connectivity index (χ1v) is 17.2. The Morgan fingerprint density at radius 3 is 2.06 bits per heavy atom. The highest BCUT2D eigenvalue weighted by atomic mass is 16.4. The number of hydrogen-bond acceptors (Lipinski definition) is 5. The molecule has 1 saturated carbocycles. The molecule has 6 heteroatoms. The molecule has 0 amide bonds. The van der Waals surface area contributed by atoms with Crippen LogP contribution in [-0.2, 0) is 13.0 Å². The summed E-state index contributed by atoms with van der Waals surface area (Å²) in [6.45, 7) is 12.1. The molecule has 6 aromatic rings. The molecule has 1 N–H and O–H groups in total. The second-order valence-electron chi connectivity index (χ2n) is 13.4. The SMILES string of the molecule is C=NO.CN=O.Cc1cc(C)c(C(=O)c2cc3c4cc(Cc5ccccc5C)ccc4n(CC4CCCCC4)c3c3ccccc23)c(C)c1. The number of benzene rings is 5. The highest BCUT2D eigenvalue weighted by molar-refractivity contribution is 6.26. The summed E-state index contributed by atoms with van der Waals surface area (Å²) in [4.78, 5) is 23.0. The Kier molecular flexibility index (Phi) is 11.4. The van der Waals surface area contributed by atoms with Crippen molar-refractivity contribution in [1.29, 1.82) is 0 Å². The number of carbonyl (C=O) groups excluding carboxylic acids is 1. The van der Waals surface area contributed by atoms with E-state index in [9.17, 15) is 4.79 Å². The van der Waals surface area contributed by atoms with E-state index in [0.717, 1.165) is 40.6 Å². The van der Waals surface area contributed by atoms with Crippen molar-refractivity contribution in [3.63, 3.8) is 0 Å². The number of fused-ring (bicyclic) bond motifs is 5. The van der Waals surface area contributed by atoms with Gasteiger partial charge in [-0.05, 0) is 104 Å². The van der Waals surface area contributed by atoms with Gasteiger partial charge in [-0.15, -0.1) is 5.16 Å². The van der Waals surface area contributed by atoms with Crippen molar-refractivity contribution in [2.45, 2.75) is 72.8 Å². The Morgan fingerprint density at radius 2 is 1.41 bits per heavy atom. The first kappa shape index (κ1) is 35.2. The monoisotopic (exact) mass is 653 g/mol. The molecule has 5 aromatic carbocycles. The zero-order chi connectivity index (χ0) is 35.1. The van der Waals surface area contributed by atoms with Crippen LogP contribution in [0.5, 0.6) is 0 Å². The average molecular weight is 654 g/mol. The number of hydrogen-bond donors (Lipinski definition) is 1. The minimum atomic E-state index is 0.123. The number of ketones is 1. The maximum absolute atomic E-state index is 14.5. The first-order valence-electron chi connectivity index (χ1n) is 17.2. The maximum atomic E-state index is 14.5. The Bertz CT molecular complexity index is 2110. The van der Waals surface area contributed by atoms with Gasteiger partial charge in [0.2, 0.25) is 0 Å². The van der Waals surface area contributed by atoms with Crippen LogP contribution in [-0.4, -0.2) is 29.3 Å². The maximum Gasteiger partial charge on any atom is 0.194 e. The molecule has 0 spiro atoms. The van der Waals surface area contributed by atoms with E-state index >= 15 is 0 Å². The summed E-state index contributed by atoms with van der Waals surface area (Å²) >= 11 is 0. The molecule has 1 aliphatic carbocycles. The van der Waals surface area contributed by atoms with E-state index in [1.165, 1.54) is 88.6 Å². The molecule has 0 bridgehead atoms. The van der Waals surface area contributed by atoms with Crippen LogP contribution < -0.4 is 0 Å². The summed E-state index contributed by atoms with van der Waals surface area (Å²) in [5.41, 5.74) is 11.5. The number of rotatable bonds is 6. The lowest BCUT2D eigenvalue weighted by molar-refractivity contribution is 0.103. The van der Waals surface area contributed by atoms with Crippen LogP contribution in [0.15, 0.2) is 95.3 Å². The molecule has 0 atom stereocenters. The zero-order valence-electron chi connectivity index (χ0n) is 29.4. The van der Waals surface area contributed by atoms with Crippen molar-refractivity contribution >= 4 is 45.1 Å². The molecular weight excluding hydrogens is 606 g/mol. The highest BCUT2D eigenvalue weighted by Gasteiger charge is 2.24. The van der Waals surface area contributed by atoms with Gasteiger partial charge < -0.3 is 9.77 Å². The van der Waals surface area contributed by atoms with Crippen molar-refractivity contribution in [2.24, 2.45) is 16.3 Å². The van der Waals surface area contributed by atoms with Crippen LogP contribution in [0, 0.1) is 38.5 Å². The van der Waals surface area contributed by atoms with E-state index in [0.29, 0.717) is 5.92 Å². The van der Waals surface area contributed by atoms with E-state index in [-0.39, 0.29) is 5.78 Å². The summed E-state index contributed by atoms with van der Waals surface area (Å²) in [5.74, 6) is 0.814. The summed E-state index contributed by atoms with van der Waals surface area (Å²) in [7, 11) is 1.19. The van der Waals surface area contributed by atoms with E-state index in [4.69, 9.17) is 10.1 Å². The number of aryl methyl sites for hydroxylation is 4. The standard InChI is InChI=1S/C41H41NO.2CH3NO/c1-26-20-28(3)39(29(4)21-26)41(43)37-24-36-35-23-31(22-32-15-9-8-12-27(32)2)18-19-38(35)42(25-30-13-6-5-7-14-30)40(36)34-17-11-10-16-33(34)37;2*1-2-3/h8-12,15-21,23-24,30H,5-7,13-14,22,25H2,1-4H3;1H3;3H,1H2. The van der Waals surface area contributed by atoms with Gasteiger partial charge in [0.15, 0.2) is 5.78 Å². The first-order chi connectivity index (χ1) is 23.7. The smallest absolute Gasteiger partial charge is 0.194 e. The molecule has 1 aromatic heterocycles. The number of nitroso groups, excluding NO2 is 1. The van der Waals surface area contributed by atoms with Gasteiger partial charge >= 0.3 is 0 Å². The third kappa shape index (κ3) is 7.49. The van der Waals surface area contributed by atoms with Gasteiger partial charge in [-0.2, -0.15) is 4.91 Å². The van der Waals surface area contributed by atoms with E-state index < -0.39 is 0 Å². The Balaban J connectivity index is 0.000000729. The fraction of sp³-hybridized carbons (Fsp3) is 0.302. The lowest BCUT2D eigenvalue weighted by atomic mass is 9.89. The normalized spacial score (nSPS) is 13.0. The van der Waals surface area contributed by atoms with Gasteiger partial charge in [0, 0.05) is 46.1 Å². The summed E-state index contributed by atoms with van der Waals surface area (Å²) in [6.07, 6.45) is 7.52. The van der Waals surface area contributed by atoms with Crippen molar-refractivity contribution in [2.75, 3.05) is 7.05 Å². The number of aromatic nitrogens is 1. The fourth-order valence-corrected chi connectivity index (χ4v) is 7.83. The third-order valence-corrected chi connectivity index (χ3v) is 9.90. The number of oxime groups is 1. The molecule has 0 saturated heterocycles. The molecule has 0 radical (unpaired) electrons. The van der Waals surface area contributed by atoms with Gasteiger partial charge in [-0.3, -0.25) is 4.79 Å². The zero-order valence-corrected chi connectivity index (χ0v) is 29.4. The van der Waals surface area contributed by atoms with E-state index in [1.54, 1.807) is 0 Å². The molecule has 1 fully saturated rings. The summed E-state index contributed by atoms with van der Waals surface area (Å²) in [6, 6.07) is 30.8. The average Bonchev–Trinajstić information content (AvgIpc) is 3.38. The van der Waals surface area contributed by atoms with Crippen LogP contribution >= 0.6 is 0 Å². The van der Waals surface area contributed by atoms with Crippen molar-refractivity contribution in [1.82, 2.24) is 4.57 Å². The molecule has 0 unspecified atom stereocenters. The van der Waals surface area contributed by atoms with Crippen molar-refractivity contribution in [3.05, 3.63) is 134 Å². The molecule has 252 valence electrons. The van der Waals surface area contributed by atoms with Crippen LogP contribution in [0.2, 0.25) is 0 Å². The minimum Gasteiger partial charge on any atom is -0.411 e. The Labute approximate surface area is 289 Å². The van der Waals surface area contributed by atoms with Crippen LogP contribution in [0.4, 0.5) is 0 Å². The lowest BCUT2D eigenvalue weighted by Crippen LogP contribution is -2.14. The van der Waals surface area contributed by atoms with Gasteiger partial charge in [-0.1, -0.05) is 96.7 Å². The molecule has 1 aliphatic rings. The predicted molar refractivity (Wildman–Crippen MR) is 205 cm³/mol. The van der Waals surface area contributed by atoms with Gasteiger partial charge in [0.25, 0.3) is 0 Å². The highest BCUT2D eigenvalue weighted by Crippen LogP contribution is 2.39. The number of carbonyl (C=O) groups is 1. The summed E-state index contributed by atoms with van der Waals surface area (Å²) < 4.78 is 2.59. The second kappa shape index (κ2) is 15.9. The van der Waals surface area contributed by atoms with Crippen LogP contribution in [0.3, 0.4) is 0 Å². The van der Waals surface area contributed by atoms with Gasteiger partial charge in [0.05, 0.1) is 12.6 Å². The fourth-order valence-electron chi connectivity index (χ4n) is 7.83. The quantitative estimate of drug-likeness (QED) is 0.0638. The summed E-state index contributed by atoms with van der Waals surface area (Å²) in [5, 5.41) is 16.3.